The lowest BCUT2D eigenvalue weighted by Gasteiger charge is -2.45. The minimum absolute atomic E-state index is 0.261. The number of nitrogens with zero attached hydrogens (tertiary/aromatic N) is 2. The Bertz CT molecular complexity index is 775. The highest BCUT2D eigenvalue weighted by atomic mass is 16.5. The summed E-state index contributed by atoms with van der Waals surface area (Å²) in [6, 6.07) is 6.46. The lowest BCUT2D eigenvalue weighted by atomic mass is 9.84. The zero-order valence-electron chi connectivity index (χ0n) is 15.1. The van der Waals surface area contributed by atoms with Crippen molar-refractivity contribution in [1.29, 1.82) is 0 Å². The third-order valence-electron chi connectivity index (χ3n) is 5.96. The molecule has 0 aliphatic carbocycles. The quantitative estimate of drug-likeness (QED) is 0.847. The smallest absolute Gasteiger partial charge is 0.338 e. The first-order valence-corrected chi connectivity index (χ1v) is 9.28. The molecule has 5 nitrogen and oxygen atoms in total. The Hall–Kier alpha value is -1.85. The van der Waals surface area contributed by atoms with Gasteiger partial charge in [0.1, 0.15) is 0 Å². The summed E-state index contributed by atoms with van der Waals surface area (Å²) < 4.78 is 7.07. The Morgan fingerprint density at radius 1 is 1.32 bits per heavy atom. The van der Waals surface area contributed by atoms with Crippen LogP contribution in [-0.2, 0) is 18.2 Å². The average molecular weight is 341 g/mol. The van der Waals surface area contributed by atoms with Crippen LogP contribution in [0.25, 0.3) is 10.9 Å². The Morgan fingerprint density at radius 2 is 2.12 bits per heavy atom. The van der Waals surface area contributed by atoms with Crippen LogP contribution in [0.5, 0.6) is 0 Å². The summed E-state index contributed by atoms with van der Waals surface area (Å²) in [6.07, 6.45) is 5.74. The molecule has 3 fully saturated rings. The standard InChI is InChI=1S/C20H27N3O2/c1-22-12-15(19-16(20(24)25-2)4-3-5-18(19)22)6-9-21-17-13-23-10-7-14(17)8-11-23/h3-5,12,14,17,21H,6-11,13H2,1-2H3. The lowest BCUT2D eigenvalue weighted by molar-refractivity contribution is 0.0603. The van der Waals surface area contributed by atoms with Crippen LogP contribution in [0, 0.1) is 5.92 Å². The number of aryl methyl sites for hydroxylation is 1. The summed E-state index contributed by atoms with van der Waals surface area (Å²) in [7, 11) is 3.48. The zero-order chi connectivity index (χ0) is 17.4. The van der Waals surface area contributed by atoms with Gasteiger partial charge in [0.05, 0.1) is 12.7 Å². The molecule has 1 N–H and O–H groups in total. The van der Waals surface area contributed by atoms with E-state index in [9.17, 15) is 4.79 Å². The number of carbonyl (C=O) groups excluding carboxylic acids is 1. The topological polar surface area (TPSA) is 46.5 Å². The molecule has 3 aliphatic rings. The number of nitrogens with one attached hydrogen (secondary N) is 1. The maximum atomic E-state index is 12.1. The van der Waals surface area contributed by atoms with Crippen LogP contribution in [0.3, 0.4) is 0 Å². The average Bonchev–Trinajstić information content (AvgIpc) is 2.98. The molecule has 0 spiro atoms. The largest absolute Gasteiger partial charge is 0.465 e. The van der Waals surface area contributed by atoms with Crippen LogP contribution in [0.15, 0.2) is 24.4 Å². The molecule has 1 atom stereocenters. The first kappa shape index (κ1) is 16.6. The van der Waals surface area contributed by atoms with E-state index in [0.717, 1.165) is 29.8 Å². The maximum absolute atomic E-state index is 12.1. The van der Waals surface area contributed by atoms with Crippen LogP contribution >= 0.6 is 0 Å². The lowest BCUT2D eigenvalue weighted by Crippen LogP contribution is -2.56. The molecule has 1 aromatic carbocycles. The number of hydrogen-bond acceptors (Lipinski definition) is 4. The molecule has 3 aliphatic heterocycles. The van der Waals surface area contributed by atoms with Crippen molar-refractivity contribution in [1.82, 2.24) is 14.8 Å². The van der Waals surface area contributed by atoms with Crippen molar-refractivity contribution in [2.45, 2.75) is 25.3 Å². The molecule has 25 heavy (non-hydrogen) atoms. The third kappa shape index (κ3) is 3.07. The van der Waals surface area contributed by atoms with Crippen LogP contribution in [-0.4, -0.2) is 54.8 Å². The molecule has 3 saturated heterocycles. The maximum Gasteiger partial charge on any atom is 0.338 e. The van der Waals surface area contributed by atoms with Crippen molar-refractivity contribution >= 4 is 16.9 Å². The highest BCUT2D eigenvalue weighted by molar-refractivity contribution is 6.05. The Kier molecular flexibility index (Phi) is 4.52. The van der Waals surface area contributed by atoms with Gasteiger partial charge in [-0.15, -0.1) is 0 Å². The van der Waals surface area contributed by atoms with Crippen molar-refractivity contribution in [3.8, 4) is 0 Å². The second kappa shape index (κ2) is 6.81. The van der Waals surface area contributed by atoms with E-state index < -0.39 is 0 Å². The second-order valence-electron chi connectivity index (χ2n) is 7.41. The van der Waals surface area contributed by atoms with E-state index in [-0.39, 0.29) is 5.97 Å². The fraction of sp³-hybridized carbons (Fsp3) is 0.550. The Balaban J connectivity index is 1.50. The number of carbonyl (C=O) groups is 1. The molecule has 1 aromatic heterocycles. The number of piperidine rings is 3. The third-order valence-corrected chi connectivity index (χ3v) is 5.96. The predicted molar refractivity (Wildman–Crippen MR) is 98.9 cm³/mol. The highest BCUT2D eigenvalue weighted by Gasteiger charge is 2.33. The number of ether oxygens (including phenoxy) is 1. The van der Waals surface area contributed by atoms with Crippen molar-refractivity contribution in [3.63, 3.8) is 0 Å². The second-order valence-corrected chi connectivity index (χ2v) is 7.41. The predicted octanol–water partition coefficient (Wildman–Crippen LogP) is 2.19. The number of fused-ring (bicyclic) bond motifs is 4. The summed E-state index contributed by atoms with van der Waals surface area (Å²) >= 11 is 0. The monoisotopic (exact) mass is 341 g/mol. The van der Waals surface area contributed by atoms with Gasteiger partial charge in [0.15, 0.2) is 0 Å². The van der Waals surface area contributed by atoms with Gasteiger partial charge in [-0.2, -0.15) is 0 Å². The Labute approximate surface area is 148 Å². The normalized spacial score (nSPS) is 25.4. The molecular formula is C20H27N3O2. The van der Waals surface area contributed by atoms with Gasteiger partial charge in [-0.3, -0.25) is 0 Å². The summed E-state index contributed by atoms with van der Waals surface area (Å²) in [6.45, 7) is 4.68. The number of aromatic nitrogens is 1. The van der Waals surface area contributed by atoms with E-state index >= 15 is 0 Å². The first-order valence-electron chi connectivity index (χ1n) is 9.28. The van der Waals surface area contributed by atoms with E-state index in [0.29, 0.717) is 11.6 Å². The van der Waals surface area contributed by atoms with Crippen molar-refractivity contribution in [3.05, 3.63) is 35.5 Å². The molecule has 2 bridgehead atoms. The summed E-state index contributed by atoms with van der Waals surface area (Å²) in [5, 5.41) is 4.81. The molecule has 0 saturated carbocycles. The molecule has 0 amide bonds. The number of esters is 1. The molecule has 2 aromatic rings. The van der Waals surface area contributed by atoms with Crippen LogP contribution in [0.4, 0.5) is 0 Å². The highest BCUT2D eigenvalue weighted by Crippen LogP contribution is 2.28. The fourth-order valence-corrected chi connectivity index (χ4v) is 4.60. The van der Waals surface area contributed by atoms with E-state index in [1.807, 2.05) is 19.2 Å². The van der Waals surface area contributed by atoms with Crippen molar-refractivity contribution in [2.24, 2.45) is 13.0 Å². The number of hydrogen-bond donors (Lipinski definition) is 1. The van der Waals surface area contributed by atoms with Crippen molar-refractivity contribution in [2.75, 3.05) is 33.3 Å². The molecule has 1 unspecified atom stereocenters. The Morgan fingerprint density at radius 3 is 2.80 bits per heavy atom. The number of methoxy groups -OCH3 is 1. The van der Waals surface area contributed by atoms with Gasteiger partial charge in [0.2, 0.25) is 0 Å². The fourth-order valence-electron chi connectivity index (χ4n) is 4.60. The number of benzene rings is 1. The van der Waals surface area contributed by atoms with Crippen LogP contribution in [0.2, 0.25) is 0 Å². The van der Waals surface area contributed by atoms with Gasteiger partial charge < -0.3 is 19.5 Å². The van der Waals surface area contributed by atoms with Crippen LogP contribution < -0.4 is 5.32 Å². The van der Waals surface area contributed by atoms with E-state index in [1.54, 1.807) is 0 Å². The first-order chi connectivity index (χ1) is 12.2. The summed E-state index contributed by atoms with van der Waals surface area (Å²) in [4.78, 5) is 14.7. The minimum Gasteiger partial charge on any atom is -0.465 e. The van der Waals surface area contributed by atoms with E-state index in [1.165, 1.54) is 45.1 Å². The zero-order valence-corrected chi connectivity index (χ0v) is 15.1. The molecule has 4 heterocycles. The van der Waals surface area contributed by atoms with Gasteiger partial charge in [0.25, 0.3) is 0 Å². The van der Waals surface area contributed by atoms with E-state index in [4.69, 9.17) is 4.74 Å². The van der Waals surface area contributed by atoms with Gasteiger partial charge in [-0.05, 0) is 62.5 Å². The molecule has 134 valence electrons. The molecule has 5 rings (SSSR count). The van der Waals surface area contributed by atoms with E-state index in [2.05, 4.69) is 27.0 Å². The van der Waals surface area contributed by atoms with Crippen molar-refractivity contribution < 1.29 is 9.53 Å². The summed E-state index contributed by atoms with van der Waals surface area (Å²) in [5.41, 5.74) is 2.96. The van der Waals surface area contributed by atoms with Crippen LogP contribution in [0.1, 0.15) is 28.8 Å². The number of rotatable bonds is 5. The molecular weight excluding hydrogens is 314 g/mol. The van der Waals surface area contributed by atoms with Gasteiger partial charge in [-0.1, -0.05) is 6.07 Å². The molecule has 0 radical (unpaired) electrons. The van der Waals surface area contributed by atoms with Gasteiger partial charge >= 0.3 is 5.97 Å². The van der Waals surface area contributed by atoms with Gasteiger partial charge in [0, 0.05) is 36.7 Å². The van der Waals surface area contributed by atoms with Gasteiger partial charge in [-0.25, -0.2) is 4.79 Å². The summed E-state index contributed by atoms with van der Waals surface area (Å²) in [5.74, 6) is 0.576. The minimum atomic E-state index is -0.261. The SMILES string of the molecule is COC(=O)c1cccc2c1c(CCNC1CN3CCC1CC3)cn2C. The molecule has 5 heteroatoms.